The molecule has 2 aliphatic heterocycles. The minimum Gasteiger partial charge on any atom is -0.309 e. The van der Waals surface area contributed by atoms with Gasteiger partial charge in [0.2, 0.25) is 15.9 Å². The summed E-state index contributed by atoms with van der Waals surface area (Å²) in [5, 5.41) is 4.52. The first-order valence-corrected chi connectivity index (χ1v) is 13.3. The van der Waals surface area contributed by atoms with Crippen LogP contribution in [0, 0.1) is 19.8 Å². The highest BCUT2D eigenvalue weighted by Gasteiger charge is 2.39. The van der Waals surface area contributed by atoms with E-state index in [1.807, 2.05) is 53.4 Å². The van der Waals surface area contributed by atoms with E-state index in [1.165, 1.54) is 9.87 Å². The van der Waals surface area contributed by atoms with Gasteiger partial charge < -0.3 is 4.90 Å². The molecule has 0 unspecified atom stereocenters. The van der Waals surface area contributed by atoms with E-state index in [1.54, 1.807) is 18.5 Å². The molecule has 1 saturated heterocycles. The van der Waals surface area contributed by atoms with Crippen molar-refractivity contribution in [3.05, 3.63) is 71.5 Å². The molecule has 1 fully saturated rings. The molecular formula is C26H30N4O3S. The summed E-state index contributed by atoms with van der Waals surface area (Å²) in [7, 11) is -3.71. The fourth-order valence-electron chi connectivity index (χ4n) is 5.39. The molecule has 0 radical (unpaired) electrons. The van der Waals surface area contributed by atoms with Gasteiger partial charge in [0.1, 0.15) is 4.90 Å². The zero-order valence-corrected chi connectivity index (χ0v) is 20.6. The van der Waals surface area contributed by atoms with Crippen molar-refractivity contribution in [3.8, 4) is 5.69 Å². The number of amides is 1. The molecule has 34 heavy (non-hydrogen) atoms. The lowest BCUT2D eigenvalue weighted by Crippen LogP contribution is -2.46. The Kier molecular flexibility index (Phi) is 5.81. The number of para-hydroxylation sites is 2. The topological polar surface area (TPSA) is 75.5 Å². The third kappa shape index (κ3) is 3.75. The van der Waals surface area contributed by atoms with E-state index in [0.29, 0.717) is 37.3 Å². The second-order valence-corrected chi connectivity index (χ2v) is 11.2. The highest BCUT2D eigenvalue weighted by molar-refractivity contribution is 7.89. The van der Waals surface area contributed by atoms with Crippen LogP contribution in [0.4, 0.5) is 5.69 Å². The molecule has 0 aliphatic carbocycles. The van der Waals surface area contributed by atoms with E-state index in [4.69, 9.17) is 0 Å². The monoisotopic (exact) mass is 478 g/mol. The van der Waals surface area contributed by atoms with Gasteiger partial charge in [0, 0.05) is 30.7 Å². The molecule has 0 bridgehead atoms. The smallest absolute Gasteiger partial charge is 0.246 e. The van der Waals surface area contributed by atoms with Gasteiger partial charge in [-0.3, -0.25) is 4.79 Å². The van der Waals surface area contributed by atoms with Crippen molar-refractivity contribution in [2.75, 3.05) is 18.0 Å². The molecule has 7 nitrogen and oxygen atoms in total. The second-order valence-electron chi connectivity index (χ2n) is 9.32. The predicted octanol–water partition coefficient (Wildman–Crippen LogP) is 3.87. The molecule has 1 atom stereocenters. The molecule has 0 N–H and O–H groups in total. The standard InChI is InChI=1S/C26H30N4O3S/c1-18-17-22-9-7-8-12-24(22)29(18)26(31)21-13-15-28(16-14-21)34(32,33)25-19(2)27-30(20(25)3)23-10-5-4-6-11-23/h4-12,18,21H,13-17H2,1-3H3/t18-/m0/s1. The van der Waals surface area contributed by atoms with Crippen LogP contribution in [0.25, 0.3) is 5.69 Å². The molecule has 3 aromatic rings. The number of hydrogen-bond donors (Lipinski definition) is 0. The maximum atomic E-state index is 13.6. The number of aryl methyl sites for hydroxylation is 1. The average molecular weight is 479 g/mol. The van der Waals surface area contributed by atoms with Crippen molar-refractivity contribution in [2.24, 2.45) is 5.92 Å². The Morgan fingerprint density at radius 3 is 2.32 bits per heavy atom. The predicted molar refractivity (Wildman–Crippen MR) is 132 cm³/mol. The first-order chi connectivity index (χ1) is 16.3. The van der Waals surface area contributed by atoms with Gasteiger partial charge in [-0.15, -0.1) is 0 Å². The summed E-state index contributed by atoms with van der Waals surface area (Å²) >= 11 is 0. The van der Waals surface area contributed by atoms with Gasteiger partial charge in [0.25, 0.3) is 0 Å². The molecule has 0 spiro atoms. The number of rotatable bonds is 4. The van der Waals surface area contributed by atoms with Crippen LogP contribution in [0.1, 0.15) is 36.7 Å². The minimum absolute atomic E-state index is 0.110. The van der Waals surface area contributed by atoms with Gasteiger partial charge >= 0.3 is 0 Å². The Bertz CT molecular complexity index is 1330. The van der Waals surface area contributed by atoms with Crippen molar-refractivity contribution in [2.45, 2.75) is 51.0 Å². The molecule has 1 amide bonds. The molecule has 0 saturated carbocycles. The second kappa shape index (κ2) is 8.67. The molecule has 5 rings (SSSR count). The molecule has 2 aliphatic rings. The molecule has 8 heteroatoms. The summed E-state index contributed by atoms with van der Waals surface area (Å²) in [4.78, 5) is 15.6. The van der Waals surface area contributed by atoms with Gasteiger partial charge in [0.15, 0.2) is 0 Å². The number of carbonyl (C=O) groups is 1. The lowest BCUT2D eigenvalue weighted by Gasteiger charge is -2.34. The van der Waals surface area contributed by atoms with E-state index in [0.717, 1.165) is 17.8 Å². The number of aromatic nitrogens is 2. The third-order valence-electron chi connectivity index (χ3n) is 7.07. The van der Waals surface area contributed by atoms with Gasteiger partial charge in [0.05, 0.1) is 17.1 Å². The SMILES string of the molecule is Cc1nn(-c2ccccc2)c(C)c1S(=O)(=O)N1CCC(C(=O)N2c3ccccc3C[C@@H]2C)CC1. The molecule has 1 aromatic heterocycles. The molecule has 3 heterocycles. The van der Waals surface area contributed by atoms with Crippen LogP contribution in [0.2, 0.25) is 0 Å². The van der Waals surface area contributed by atoms with Crippen LogP contribution in [0.3, 0.4) is 0 Å². The largest absolute Gasteiger partial charge is 0.309 e. The van der Waals surface area contributed by atoms with E-state index in [-0.39, 0.29) is 22.8 Å². The first kappa shape index (κ1) is 22.8. The van der Waals surface area contributed by atoms with Crippen LogP contribution < -0.4 is 4.90 Å². The first-order valence-electron chi connectivity index (χ1n) is 11.8. The summed E-state index contributed by atoms with van der Waals surface area (Å²) in [5.74, 6) is -0.0620. The van der Waals surface area contributed by atoms with E-state index < -0.39 is 10.0 Å². The maximum absolute atomic E-state index is 13.6. The van der Waals surface area contributed by atoms with Crippen molar-refractivity contribution >= 4 is 21.6 Å². The maximum Gasteiger partial charge on any atom is 0.246 e. The summed E-state index contributed by atoms with van der Waals surface area (Å²) in [5.41, 5.74) is 4.11. The number of sulfonamides is 1. The van der Waals surface area contributed by atoms with Gasteiger partial charge in [-0.25, -0.2) is 13.1 Å². The zero-order valence-electron chi connectivity index (χ0n) is 19.8. The summed E-state index contributed by atoms with van der Waals surface area (Å²) in [6.07, 6.45) is 1.90. The van der Waals surface area contributed by atoms with Gasteiger partial charge in [-0.2, -0.15) is 9.40 Å². The quantitative estimate of drug-likeness (QED) is 0.571. The van der Waals surface area contributed by atoms with Crippen molar-refractivity contribution in [1.29, 1.82) is 0 Å². The summed E-state index contributed by atoms with van der Waals surface area (Å²) < 4.78 is 30.4. The fourth-order valence-corrected chi connectivity index (χ4v) is 7.22. The van der Waals surface area contributed by atoms with Crippen molar-refractivity contribution < 1.29 is 13.2 Å². The molecule has 2 aromatic carbocycles. The normalized spacial score (nSPS) is 19.4. The van der Waals surface area contributed by atoms with Crippen molar-refractivity contribution in [3.63, 3.8) is 0 Å². The van der Waals surface area contributed by atoms with Gasteiger partial charge in [-0.05, 0) is 63.8 Å². The Morgan fingerprint density at radius 1 is 0.971 bits per heavy atom. The molecule has 178 valence electrons. The van der Waals surface area contributed by atoms with Crippen LogP contribution in [-0.4, -0.2) is 47.5 Å². The number of piperidine rings is 1. The number of benzene rings is 2. The Labute approximate surface area is 201 Å². The minimum atomic E-state index is -3.71. The van der Waals surface area contributed by atoms with E-state index in [2.05, 4.69) is 18.1 Å². The number of fused-ring (bicyclic) bond motifs is 1. The fraction of sp³-hybridized carbons (Fsp3) is 0.385. The lowest BCUT2D eigenvalue weighted by atomic mass is 9.96. The number of hydrogen-bond acceptors (Lipinski definition) is 4. The summed E-state index contributed by atoms with van der Waals surface area (Å²) in [6, 6.07) is 17.7. The number of nitrogens with zero attached hydrogens (tertiary/aromatic N) is 4. The highest BCUT2D eigenvalue weighted by atomic mass is 32.2. The summed E-state index contributed by atoms with van der Waals surface area (Å²) in [6.45, 7) is 6.27. The van der Waals surface area contributed by atoms with Crippen LogP contribution >= 0.6 is 0 Å². The number of anilines is 1. The Hall–Kier alpha value is -2.97. The van der Waals surface area contributed by atoms with Gasteiger partial charge in [-0.1, -0.05) is 36.4 Å². The zero-order chi connectivity index (χ0) is 24.0. The third-order valence-corrected chi connectivity index (χ3v) is 9.22. The molecular weight excluding hydrogens is 448 g/mol. The Balaban J connectivity index is 1.33. The van der Waals surface area contributed by atoms with Crippen LogP contribution in [0.5, 0.6) is 0 Å². The Morgan fingerprint density at radius 2 is 1.62 bits per heavy atom. The number of carbonyl (C=O) groups excluding carboxylic acids is 1. The van der Waals surface area contributed by atoms with Crippen LogP contribution in [-0.2, 0) is 21.2 Å². The van der Waals surface area contributed by atoms with E-state index in [9.17, 15) is 13.2 Å². The van der Waals surface area contributed by atoms with Crippen molar-refractivity contribution in [1.82, 2.24) is 14.1 Å². The van der Waals surface area contributed by atoms with Crippen LogP contribution in [0.15, 0.2) is 59.5 Å². The average Bonchev–Trinajstić information content (AvgIpc) is 3.34. The van der Waals surface area contributed by atoms with E-state index >= 15 is 0 Å². The highest BCUT2D eigenvalue weighted by Crippen LogP contribution is 2.35. The lowest BCUT2D eigenvalue weighted by molar-refractivity contribution is -0.123.